The first-order valence-electron chi connectivity index (χ1n) is 7.49. The van der Waals surface area contributed by atoms with Gasteiger partial charge in [0.1, 0.15) is 10.1 Å². The van der Waals surface area contributed by atoms with Crippen molar-refractivity contribution < 1.29 is 0 Å². The summed E-state index contributed by atoms with van der Waals surface area (Å²) in [6.45, 7) is 0. The van der Waals surface area contributed by atoms with Crippen LogP contribution in [0.15, 0.2) is 56.5 Å². The summed E-state index contributed by atoms with van der Waals surface area (Å²) in [6, 6.07) is 12.7. The third-order valence-electron chi connectivity index (χ3n) is 4.18. The van der Waals surface area contributed by atoms with Gasteiger partial charge in [0.25, 0.3) is 0 Å². The second-order valence-electron chi connectivity index (χ2n) is 5.67. The molecule has 0 spiro atoms. The third-order valence-corrected chi connectivity index (χ3v) is 5.08. The smallest absolute Gasteiger partial charge is 0.206 e. The Balaban J connectivity index is 2.16. The summed E-state index contributed by atoms with van der Waals surface area (Å²) in [5.74, 6) is 0. The highest BCUT2D eigenvalue weighted by Gasteiger charge is 2.15. The van der Waals surface area contributed by atoms with Crippen molar-refractivity contribution in [1.29, 1.82) is 0 Å². The van der Waals surface area contributed by atoms with Crippen molar-refractivity contribution in [2.75, 3.05) is 0 Å². The Hall–Kier alpha value is -2.38. The van der Waals surface area contributed by atoms with Gasteiger partial charge in [-0.2, -0.15) is 0 Å². The Labute approximate surface area is 157 Å². The average Bonchev–Trinajstić information content (AvgIpc) is 2.61. The van der Waals surface area contributed by atoms with E-state index in [1.807, 2.05) is 30.3 Å². The van der Waals surface area contributed by atoms with E-state index in [0.29, 0.717) is 16.6 Å². The number of rotatable bonds is 0. The van der Waals surface area contributed by atoms with Crippen LogP contribution in [0.5, 0.6) is 0 Å². The highest BCUT2D eigenvalue weighted by atomic mass is 79.9. The molecule has 0 fully saturated rings. The van der Waals surface area contributed by atoms with Crippen molar-refractivity contribution in [1.82, 2.24) is 19.9 Å². The van der Waals surface area contributed by atoms with E-state index in [9.17, 15) is 4.79 Å². The lowest BCUT2D eigenvalue weighted by molar-refractivity contribution is 1.31. The molecule has 0 unspecified atom stereocenters. The number of para-hydroxylation sites is 1. The highest BCUT2D eigenvalue weighted by Crippen LogP contribution is 2.33. The monoisotopic (exact) mass is 454 g/mol. The number of nitrogens with zero attached hydrogens (tertiary/aromatic N) is 3. The summed E-state index contributed by atoms with van der Waals surface area (Å²) < 4.78 is 1.57. The molecular formula is C18H8Br2N4O. The fourth-order valence-electron chi connectivity index (χ4n) is 3.10. The molecule has 0 aliphatic heterocycles. The van der Waals surface area contributed by atoms with Crippen LogP contribution in [0.1, 0.15) is 0 Å². The molecule has 0 aliphatic rings. The van der Waals surface area contributed by atoms with Crippen molar-refractivity contribution in [3.05, 3.63) is 61.9 Å². The number of benzene rings is 2. The topological polar surface area (TPSA) is 71.5 Å². The SMILES string of the molecule is O=c1cccc2nc3c4ccc(Br)[nH]c4c4nc(Br)ccc4c3nc12. The van der Waals surface area contributed by atoms with E-state index in [4.69, 9.17) is 4.98 Å². The first kappa shape index (κ1) is 14.9. The number of H-pyrrole nitrogens is 1. The van der Waals surface area contributed by atoms with Crippen LogP contribution in [0.4, 0.5) is 0 Å². The van der Waals surface area contributed by atoms with Gasteiger partial charge in [0.05, 0.1) is 32.2 Å². The number of hydrogen-bond acceptors (Lipinski definition) is 4. The molecule has 0 atom stereocenters. The van der Waals surface area contributed by atoms with Crippen LogP contribution < -0.4 is 5.43 Å². The molecule has 3 aromatic heterocycles. The van der Waals surface area contributed by atoms with Gasteiger partial charge in [-0.25, -0.2) is 15.0 Å². The molecule has 0 bridgehead atoms. The lowest BCUT2D eigenvalue weighted by Gasteiger charge is -2.10. The Morgan fingerprint density at radius 2 is 1.56 bits per heavy atom. The number of halogens is 2. The van der Waals surface area contributed by atoms with Crippen molar-refractivity contribution >= 4 is 75.7 Å². The van der Waals surface area contributed by atoms with Crippen molar-refractivity contribution in [3.8, 4) is 0 Å². The molecule has 2 aromatic carbocycles. The Bertz CT molecular complexity index is 1390. The van der Waals surface area contributed by atoms with Gasteiger partial charge in [0, 0.05) is 10.8 Å². The summed E-state index contributed by atoms with van der Waals surface area (Å²) in [5.41, 5.74) is 3.89. The average molecular weight is 456 g/mol. The van der Waals surface area contributed by atoms with Crippen LogP contribution in [0.3, 0.4) is 0 Å². The van der Waals surface area contributed by atoms with Crippen LogP contribution in [-0.2, 0) is 0 Å². The van der Waals surface area contributed by atoms with E-state index in [0.717, 1.165) is 36.5 Å². The molecule has 120 valence electrons. The van der Waals surface area contributed by atoms with Gasteiger partial charge in [-0.15, -0.1) is 0 Å². The van der Waals surface area contributed by atoms with E-state index >= 15 is 0 Å². The van der Waals surface area contributed by atoms with Gasteiger partial charge >= 0.3 is 0 Å². The Morgan fingerprint density at radius 1 is 0.760 bits per heavy atom. The van der Waals surface area contributed by atoms with E-state index in [1.165, 1.54) is 6.07 Å². The number of aromatic amines is 1. The van der Waals surface area contributed by atoms with Gasteiger partial charge in [-0.3, -0.25) is 4.79 Å². The van der Waals surface area contributed by atoms with E-state index in [2.05, 4.69) is 46.8 Å². The molecule has 5 aromatic rings. The number of pyridine rings is 2. The van der Waals surface area contributed by atoms with Gasteiger partial charge in [0.2, 0.25) is 5.43 Å². The van der Waals surface area contributed by atoms with Crippen LogP contribution in [0.25, 0.3) is 43.9 Å². The zero-order valence-electron chi connectivity index (χ0n) is 12.5. The normalized spacial score (nSPS) is 11.8. The molecule has 0 radical (unpaired) electrons. The number of hydrogen-bond donors (Lipinski definition) is 1. The summed E-state index contributed by atoms with van der Waals surface area (Å²) in [7, 11) is 0. The summed E-state index contributed by atoms with van der Waals surface area (Å²) in [4.78, 5) is 29.5. The zero-order chi connectivity index (χ0) is 17.1. The number of fused-ring (bicyclic) bond motifs is 7. The fourth-order valence-corrected chi connectivity index (χ4v) is 3.74. The Morgan fingerprint density at radius 3 is 2.44 bits per heavy atom. The molecule has 3 heterocycles. The largest absolute Gasteiger partial charge is 0.347 e. The lowest BCUT2D eigenvalue weighted by Crippen LogP contribution is -2.03. The second kappa shape index (κ2) is 5.31. The van der Waals surface area contributed by atoms with Gasteiger partial charge < -0.3 is 4.98 Å². The van der Waals surface area contributed by atoms with Crippen molar-refractivity contribution in [2.24, 2.45) is 0 Å². The van der Waals surface area contributed by atoms with Crippen LogP contribution >= 0.6 is 31.9 Å². The van der Waals surface area contributed by atoms with Crippen molar-refractivity contribution in [2.45, 2.75) is 0 Å². The maximum atomic E-state index is 12.2. The Kier molecular flexibility index (Phi) is 3.17. The van der Waals surface area contributed by atoms with E-state index in [-0.39, 0.29) is 5.43 Å². The van der Waals surface area contributed by atoms with Crippen molar-refractivity contribution in [3.63, 3.8) is 0 Å². The summed E-state index contributed by atoms with van der Waals surface area (Å²) >= 11 is 6.91. The second-order valence-corrected chi connectivity index (χ2v) is 7.34. The summed E-state index contributed by atoms with van der Waals surface area (Å²) in [5, 5.41) is 1.75. The molecule has 0 aliphatic carbocycles. The predicted octanol–water partition coefficient (Wildman–Crippen LogP) is 4.70. The molecule has 0 saturated heterocycles. The van der Waals surface area contributed by atoms with Crippen LogP contribution in [0.2, 0.25) is 0 Å². The molecule has 0 saturated carbocycles. The summed E-state index contributed by atoms with van der Waals surface area (Å²) in [6.07, 6.45) is 0. The molecular weight excluding hydrogens is 448 g/mol. The molecule has 1 N–H and O–H groups in total. The predicted molar refractivity (Wildman–Crippen MR) is 106 cm³/mol. The molecule has 5 rings (SSSR count). The van der Waals surface area contributed by atoms with Crippen LogP contribution in [-0.4, -0.2) is 19.9 Å². The number of aromatic nitrogens is 4. The van der Waals surface area contributed by atoms with E-state index < -0.39 is 0 Å². The minimum absolute atomic E-state index is 0.132. The fraction of sp³-hybridized carbons (Fsp3) is 0. The highest BCUT2D eigenvalue weighted by molar-refractivity contribution is 9.10. The minimum atomic E-state index is -0.132. The lowest BCUT2D eigenvalue weighted by atomic mass is 10.1. The van der Waals surface area contributed by atoms with Gasteiger partial charge in [-0.1, -0.05) is 6.07 Å². The number of nitrogens with one attached hydrogen (secondary N) is 1. The van der Waals surface area contributed by atoms with E-state index in [1.54, 1.807) is 6.07 Å². The maximum absolute atomic E-state index is 12.2. The third kappa shape index (κ3) is 2.19. The first-order valence-corrected chi connectivity index (χ1v) is 9.08. The molecule has 0 amide bonds. The molecule has 7 heteroatoms. The quantitative estimate of drug-likeness (QED) is 0.209. The minimum Gasteiger partial charge on any atom is -0.347 e. The first-order chi connectivity index (χ1) is 12.1. The molecule has 25 heavy (non-hydrogen) atoms. The maximum Gasteiger partial charge on any atom is 0.206 e. The standard InChI is InChI=1S/C18H8Br2N4O/c19-12-6-4-8-14-17(24-18-10(21-14)2-1-3-11(18)25)9-5-7-13(20)23-16(9)15(8)22-12/h1-7,22H. The van der Waals surface area contributed by atoms with Gasteiger partial charge in [-0.05, 0) is 68.3 Å². The van der Waals surface area contributed by atoms with Crippen LogP contribution in [0, 0.1) is 0 Å². The zero-order valence-corrected chi connectivity index (χ0v) is 15.7. The van der Waals surface area contributed by atoms with Gasteiger partial charge in [0.15, 0.2) is 0 Å². The molecule has 5 nitrogen and oxygen atoms in total.